The third-order valence-corrected chi connectivity index (χ3v) is 3.28. The maximum absolute atomic E-state index is 5.54. The fraction of sp³-hybridized carbons (Fsp3) is 0.250. The van der Waals surface area contributed by atoms with Gasteiger partial charge in [-0.1, -0.05) is 21.9 Å². The predicted octanol–water partition coefficient (Wildman–Crippen LogP) is 2.85. The first-order valence-electron chi connectivity index (χ1n) is 6.53. The molecular weight excluding hydrogens is 330 g/mol. The number of aryl methyl sites for hydroxylation is 1. The number of hydrogen-bond acceptors (Lipinski definition) is 4. The third-order valence-electron chi connectivity index (χ3n) is 2.79. The smallest absolute Gasteiger partial charge is 0.148 e. The van der Waals surface area contributed by atoms with Crippen molar-refractivity contribution in [2.24, 2.45) is 0 Å². The summed E-state index contributed by atoms with van der Waals surface area (Å²) < 4.78 is 6.55. The Labute approximate surface area is 133 Å². The van der Waals surface area contributed by atoms with Crippen molar-refractivity contribution in [1.82, 2.24) is 15.3 Å². The minimum Gasteiger partial charge on any atom is -0.481 e. The molecule has 0 unspecified atom stereocenters. The van der Waals surface area contributed by atoms with E-state index in [0.29, 0.717) is 13.1 Å². The van der Waals surface area contributed by atoms with Crippen molar-refractivity contribution >= 4 is 15.9 Å². The molecule has 0 spiro atoms. The Morgan fingerprint density at radius 3 is 2.95 bits per heavy atom. The maximum atomic E-state index is 5.54. The number of aromatic nitrogens is 2. The molecule has 0 fully saturated rings. The van der Waals surface area contributed by atoms with Crippen LogP contribution in [0, 0.1) is 19.3 Å². The average molecular weight is 346 g/mol. The molecule has 108 valence electrons. The zero-order chi connectivity index (χ0) is 15.1. The number of nitrogens with zero attached hydrogens (tertiary/aromatic N) is 2. The first kappa shape index (κ1) is 15.5. The summed E-state index contributed by atoms with van der Waals surface area (Å²) in [6, 6.07) is 7.76. The van der Waals surface area contributed by atoms with E-state index in [-0.39, 0.29) is 6.61 Å². The monoisotopic (exact) mass is 345 g/mol. The minimum absolute atomic E-state index is 0.264. The van der Waals surface area contributed by atoms with E-state index in [1.807, 2.05) is 31.2 Å². The number of halogens is 1. The lowest BCUT2D eigenvalue weighted by Crippen LogP contribution is -2.15. The molecule has 2 aromatic rings. The van der Waals surface area contributed by atoms with Crippen LogP contribution in [0.5, 0.6) is 5.75 Å². The van der Waals surface area contributed by atoms with Gasteiger partial charge in [-0.3, -0.25) is 0 Å². The quantitative estimate of drug-likeness (QED) is 0.817. The lowest BCUT2D eigenvalue weighted by Gasteiger charge is -2.11. The van der Waals surface area contributed by atoms with Crippen molar-refractivity contribution in [3.63, 3.8) is 0 Å². The highest BCUT2D eigenvalue weighted by atomic mass is 79.9. The first-order chi connectivity index (χ1) is 10.2. The zero-order valence-electron chi connectivity index (χ0n) is 11.8. The van der Waals surface area contributed by atoms with E-state index in [2.05, 4.69) is 37.1 Å². The third kappa shape index (κ3) is 4.85. The van der Waals surface area contributed by atoms with Crippen LogP contribution in [0.25, 0.3) is 0 Å². The van der Waals surface area contributed by atoms with Crippen molar-refractivity contribution in [1.29, 1.82) is 0 Å². The van der Waals surface area contributed by atoms with E-state index in [0.717, 1.165) is 27.3 Å². The second kappa shape index (κ2) is 7.77. The van der Waals surface area contributed by atoms with Crippen LogP contribution in [-0.4, -0.2) is 16.6 Å². The fourth-order valence-electron chi connectivity index (χ4n) is 1.88. The Bertz CT molecular complexity index is 652. The average Bonchev–Trinajstić information content (AvgIpc) is 2.46. The first-order valence-corrected chi connectivity index (χ1v) is 7.32. The van der Waals surface area contributed by atoms with Gasteiger partial charge in [0.1, 0.15) is 18.2 Å². The number of hydrogen-bond donors (Lipinski definition) is 1. The van der Waals surface area contributed by atoms with Crippen molar-refractivity contribution < 1.29 is 4.74 Å². The van der Waals surface area contributed by atoms with E-state index in [9.17, 15) is 0 Å². The van der Waals surface area contributed by atoms with Crippen LogP contribution in [0.15, 0.2) is 34.9 Å². The molecule has 0 bridgehead atoms. The van der Waals surface area contributed by atoms with Gasteiger partial charge in [0.25, 0.3) is 0 Å². The van der Waals surface area contributed by atoms with Crippen molar-refractivity contribution in [3.05, 3.63) is 52.0 Å². The molecule has 21 heavy (non-hydrogen) atoms. The number of rotatable bonds is 6. The second-order valence-electron chi connectivity index (χ2n) is 4.44. The Morgan fingerprint density at radius 1 is 1.33 bits per heavy atom. The molecule has 0 aliphatic heterocycles. The molecule has 0 radical (unpaired) electrons. The SMILES string of the molecule is C#CCOc1ccc(Br)cc1CNCc1ccnc(C)n1. The van der Waals surface area contributed by atoms with Gasteiger partial charge in [0.15, 0.2) is 0 Å². The zero-order valence-corrected chi connectivity index (χ0v) is 13.4. The molecule has 0 amide bonds. The van der Waals surface area contributed by atoms with Gasteiger partial charge in [-0.05, 0) is 31.2 Å². The molecule has 0 aliphatic rings. The Balaban J connectivity index is 1.99. The van der Waals surface area contributed by atoms with Crippen molar-refractivity contribution in [2.45, 2.75) is 20.0 Å². The lowest BCUT2D eigenvalue weighted by atomic mass is 10.2. The van der Waals surface area contributed by atoms with Gasteiger partial charge in [0.2, 0.25) is 0 Å². The normalized spacial score (nSPS) is 10.1. The lowest BCUT2D eigenvalue weighted by molar-refractivity contribution is 0.364. The highest BCUT2D eigenvalue weighted by Crippen LogP contribution is 2.23. The molecule has 0 saturated heterocycles. The molecule has 1 N–H and O–H groups in total. The van der Waals surface area contributed by atoms with Crippen LogP contribution >= 0.6 is 15.9 Å². The number of nitrogens with one attached hydrogen (secondary N) is 1. The number of ether oxygens (including phenoxy) is 1. The summed E-state index contributed by atoms with van der Waals surface area (Å²) >= 11 is 3.47. The van der Waals surface area contributed by atoms with Crippen LogP contribution in [0.1, 0.15) is 17.1 Å². The summed E-state index contributed by atoms with van der Waals surface area (Å²) in [5.41, 5.74) is 2.01. The summed E-state index contributed by atoms with van der Waals surface area (Å²) in [6.45, 7) is 3.48. The van der Waals surface area contributed by atoms with Gasteiger partial charge in [0.05, 0.1) is 5.69 Å². The number of benzene rings is 1. The van der Waals surface area contributed by atoms with Crippen LogP contribution < -0.4 is 10.1 Å². The van der Waals surface area contributed by atoms with Crippen LogP contribution in [0.4, 0.5) is 0 Å². The molecule has 1 aromatic heterocycles. The molecule has 2 rings (SSSR count). The van der Waals surface area contributed by atoms with E-state index >= 15 is 0 Å². The summed E-state index contributed by atoms with van der Waals surface area (Å²) in [6.07, 6.45) is 7.00. The van der Waals surface area contributed by atoms with E-state index in [4.69, 9.17) is 11.2 Å². The van der Waals surface area contributed by atoms with Gasteiger partial charge in [-0.25, -0.2) is 9.97 Å². The summed E-state index contributed by atoms with van der Waals surface area (Å²) in [5, 5.41) is 3.35. The summed E-state index contributed by atoms with van der Waals surface area (Å²) in [7, 11) is 0. The minimum atomic E-state index is 0.264. The topological polar surface area (TPSA) is 47.0 Å². The molecular formula is C16H16BrN3O. The Kier molecular flexibility index (Phi) is 5.73. The number of terminal acetylenes is 1. The highest BCUT2D eigenvalue weighted by molar-refractivity contribution is 9.10. The van der Waals surface area contributed by atoms with Gasteiger partial charge in [0, 0.05) is 29.3 Å². The molecule has 4 nitrogen and oxygen atoms in total. The van der Waals surface area contributed by atoms with E-state index in [1.165, 1.54) is 0 Å². The van der Waals surface area contributed by atoms with Gasteiger partial charge in [-0.2, -0.15) is 0 Å². The second-order valence-corrected chi connectivity index (χ2v) is 5.36. The fourth-order valence-corrected chi connectivity index (χ4v) is 2.28. The maximum Gasteiger partial charge on any atom is 0.148 e. The highest BCUT2D eigenvalue weighted by Gasteiger charge is 2.05. The van der Waals surface area contributed by atoms with Gasteiger partial charge >= 0.3 is 0 Å². The molecule has 1 aromatic carbocycles. The molecule has 5 heteroatoms. The molecule has 0 saturated carbocycles. The summed E-state index contributed by atoms with van der Waals surface area (Å²) in [4.78, 5) is 8.43. The van der Waals surface area contributed by atoms with Gasteiger partial charge < -0.3 is 10.1 Å². The van der Waals surface area contributed by atoms with Crippen molar-refractivity contribution in [3.8, 4) is 18.1 Å². The Morgan fingerprint density at radius 2 is 2.19 bits per heavy atom. The molecule has 0 aliphatic carbocycles. The van der Waals surface area contributed by atoms with Crippen molar-refractivity contribution in [2.75, 3.05) is 6.61 Å². The molecule has 0 atom stereocenters. The standard InChI is InChI=1S/C16H16BrN3O/c1-3-8-21-16-5-4-14(17)9-13(16)10-18-11-15-6-7-19-12(2)20-15/h1,4-7,9,18H,8,10-11H2,2H3. The van der Waals surface area contributed by atoms with Crippen LogP contribution in [0.2, 0.25) is 0 Å². The van der Waals surface area contributed by atoms with Gasteiger partial charge in [-0.15, -0.1) is 6.42 Å². The molecule has 1 heterocycles. The van der Waals surface area contributed by atoms with E-state index in [1.54, 1.807) is 6.20 Å². The van der Waals surface area contributed by atoms with Crippen LogP contribution in [0.3, 0.4) is 0 Å². The predicted molar refractivity (Wildman–Crippen MR) is 85.8 cm³/mol. The van der Waals surface area contributed by atoms with Crippen LogP contribution in [-0.2, 0) is 13.1 Å². The summed E-state index contributed by atoms with van der Waals surface area (Å²) in [5.74, 6) is 4.04. The van der Waals surface area contributed by atoms with E-state index < -0.39 is 0 Å². The Hall–Kier alpha value is -1.90. The largest absolute Gasteiger partial charge is 0.481 e.